The number of nitrogens with zero attached hydrogens (tertiary/aromatic N) is 2. The van der Waals surface area contributed by atoms with Gasteiger partial charge in [-0.2, -0.15) is 0 Å². The Kier molecular flexibility index (Phi) is 7.40. The van der Waals surface area contributed by atoms with Gasteiger partial charge >= 0.3 is 13.6 Å². The lowest BCUT2D eigenvalue weighted by Crippen LogP contribution is -2.34. The number of carbonyl (C=O) groups excluding carboxylic acids is 1. The van der Waals surface area contributed by atoms with Crippen LogP contribution in [0.3, 0.4) is 0 Å². The van der Waals surface area contributed by atoms with Gasteiger partial charge in [0.25, 0.3) is 0 Å². The van der Waals surface area contributed by atoms with Crippen LogP contribution in [-0.4, -0.2) is 69.2 Å². The Bertz CT molecular complexity index is 790. The summed E-state index contributed by atoms with van der Waals surface area (Å²) in [5, 5.41) is 10.3. The van der Waals surface area contributed by atoms with Crippen LogP contribution in [-0.2, 0) is 11.0 Å². The summed E-state index contributed by atoms with van der Waals surface area (Å²) in [5.41, 5.74) is 1.11. The number of carbonyl (C=O) groups is 1. The Balaban J connectivity index is 1.50. The van der Waals surface area contributed by atoms with Gasteiger partial charge in [0.15, 0.2) is 0 Å². The molecule has 2 aliphatic rings. The molecule has 1 aliphatic heterocycles. The second-order valence-corrected chi connectivity index (χ2v) is 10.6. The van der Waals surface area contributed by atoms with Gasteiger partial charge in [0, 0.05) is 26.6 Å². The SMILES string of the molecule is CN1C[C@H](C=CC(O)Cc2ccccc2)N(CCCC2(CCP(=O)(O)O)CC2)C1=O. The monoisotopic (exact) mass is 436 g/mol. The number of aliphatic hydroxyl groups is 1. The van der Waals surface area contributed by atoms with Crippen LogP contribution in [0.15, 0.2) is 42.5 Å². The van der Waals surface area contributed by atoms with E-state index >= 15 is 0 Å². The second kappa shape index (κ2) is 9.65. The number of likely N-dealkylation sites (N-methyl/N-ethyl adjacent to an activating group) is 1. The van der Waals surface area contributed by atoms with Crippen molar-refractivity contribution in [2.75, 3.05) is 26.3 Å². The summed E-state index contributed by atoms with van der Waals surface area (Å²) in [6.45, 7) is 1.21. The zero-order chi connectivity index (χ0) is 21.8. The molecule has 1 heterocycles. The van der Waals surface area contributed by atoms with Gasteiger partial charge < -0.3 is 24.7 Å². The van der Waals surface area contributed by atoms with Gasteiger partial charge in [-0.25, -0.2) is 4.79 Å². The molecule has 0 aromatic heterocycles. The normalized spacial score (nSPS) is 22.1. The summed E-state index contributed by atoms with van der Waals surface area (Å²) in [5.74, 6) is 0. The third-order valence-corrected chi connectivity index (χ3v) is 7.08. The van der Waals surface area contributed by atoms with Crippen molar-refractivity contribution in [3.05, 3.63) is 48.0 Å². The third-order valence-electron chi connectivity index (χ3n) is 6.27. The van der Waals surface area contributed by atoms with Crippen molar-refractivity contribution in [1.82, 2.24) is 9.80 Å². The van der Waals surface area contributed by atoms with E-state index in [0.717, 1.165) is 31.2 Å². The van der Waals surface area contributed by atoms with Crippen LogP contribution in [0, 0.1) is 5.41 Å². The molecule has 1 aromatic carbocycles. The molecule has 1 unspecified atom stereocenters. The molecule has 0 spiro atoms. The summed E-state index contributed by atoms with van der Waals surface area (Å²) in [6, 6.07) is 9.73. The Morgan fingerprint density at radius 3 is 2.57 bits per heavy atom. The maximum absolute atomic E-state index is 12.5. The van der Waals surface area contributed by atoms with Crippen LogP contribution in [0.1, 0.15) is 37.7 Å². The highest BCUT2D eigenvalue weighted by Gasteiger charge is 2.43. The highest BCUT2D eigenvalue weighted by Crippen LogP contribution is 2.55. The van der Waals surface area contributed by atoms with E-state index < -0.39 is 13.7 Å². The molecule has 2 atom stereocenters. The minimum Gasteiger partial charge on any atom is -0.389 e. The first-order chi connectivity index (χ1) is 14.2. The number of benzene rings is 1. The van der Waals surface area contributed by atoms with Gasteiger partial charge in [0.05, 0.1) is 18.3 Å². The summed E-state index contributed by atoms with van der Waals surface area (Å²) in [6.07, 6.45) is 7.86. The van der Waals surface area contributed by atoms with Crippen LogP contribution in [0.25, 0.3) is 0 Å². The molecule has 1 saturated carbocycles. The van der Waals surface area contributed by atoms with E-state index in [2.05, 4.69) is 0 Å². The molecular weight excluding hydrogens is 403 g/mol. The molecular formula is C22H33N2O5P. The molecule has 1 aliphatic carbocycles. The van der Waals surface area contributed by atoms with Gasteiger partial charge in [0.2, 0.25) is 0 Å². The van der Waals surface area contributed by atoms with Crippen molar-refractivity contribution in [1.29, 1.82) is 0 Å². The number of hydrogen-bond donors (Lipinski definition) is 3. The van der Waals surface area contributed by atoms with Crippen molar-refractivity contribution in [3.8, 4) is 0 Å². The van der Waals surface area contributed by atoms with Crippen LogP contribution in [0.5, 0.6) is 0 Å². The quantitative estimate of drug-likeness (QED) is 0.366. The predicted molar refractivity (Wildman–Crippen MR) is 116 cm³/mol. The maximum atomic E-state index is 12.5. The zero-order valence-electron chi connectivity index (χ0n) is 17.6. The predicted octanol–water partition coefficient (Wildman–Crippen LogP) is 3.01. The number of hydrogen-bond acceptors (Lipinski definition) is 3. The first kappa shape index (κ1) is 23.0. The smallest absolute Gasteiger partial charge is 0.325 e. The standard InChI is InChI=1S/C22H33N2O5P/c1-23-17-19(8-9-20(25)16-18-6-3-2-4-7-18)24(21(23)26)14-5-10-22(11-12-22)13-15-30(27,28)29/h2-4,6-9,19-20,25H,5,10-17H2,1H3,(H2,27,28,29)/t19-,20?/m0/s1. The Hall–Kier alpha value is -1.66. The van der Waals surface area contributed by atoms with Gasteiger partial charge in [0.1, 0.15) is 0 Å². The number of amides is 2. The van der Waals surface area contributed by atoms with Crippen molar-refractivity contribution in [3.63, 3.8) is 0 Å². The van der Waals surface area contributed by atoms with Crippen LogP contribution >= 0.6 is 7.60 Å². The summed E-state index contributed by atoms with van der Waals surface area (Å²) in [7, 11) is -2.17. The molecule has 7 nitrogen and oxygen atoms in total. The minimum atomic E-state index is -3.95. The van der Waals surface area contributed by atoms with Gasteiger partial charge in [-0.3, -0.25) is 4.57 Å². The summed E-state index contributed by atoms with van der Waals surface area (Å²) >= 11 is 0. The third kappa shape index (κ3) is 6.67. The fourth-order valence-corrected chi connectivity index (χ4v) is 5.00. The second-order valence-electron chi connectivity index (χ2n) is 8.81. The fraction of sp³-hybridized carbons (Fsp3) is 0.591. The van der Waals surface area contributed by atoms with Crippen molar-refractivity contribution < 1.29 is 24.3 Å². The lowest BCUT2D eigenvalue weighted by Gasteiger charge is -2.23. The summed E-state index contributed by atoms with van der Waals surface area (Å²) in [4.78, 5) is 34.3. The lowest BCUT2D eigenvalue weighted by molar-refractivity contribution is 0.192. The molecule has 30 heavy (non-hydrogen) atoms. The van der Waals surface area contributed by atoms with E-state index in [1.165, 1.54) is 0 Å². The van der Waals surface area contributed by atoms with E-state index in [4.69, 9.17) is 9.79 Å². The van der Waals surface area contributed by atoms with Crippen molar-refractivity contribution >= 4 is 13.6 Å². The van der Waals surface area contributed by atoms with Gasteiger partial charge in [-0.15, -0.1) is 0 Å². The van der Waals surface area contributed by atoms with E-state index in [0.29, 0.717) is 25.9 Å². The van der Waals surface area contributed by atoms with Crippen LogP contribution < -0.4 is 0 Å². The summed E-state index contributed by atoms with van der Waals surface area (Å²) < 4.78 is 11.2. The first-order valence-electron chi connectivity index (χ1n) is 10.6. The van der Waals surface area contributed by atoms with Crippen molar-refractivity contribution in [2.24, 2.45) is 5.41 Å². The van der Waals surface area contributed by atoms with Gasteiger partial charge in [-0.1, -0.05) is 42.5 Å². The molecule has 1 saturated heterocycles. The maximum Gasteiger partial charge on any atom is 0.325 e. The molecule has 2 amide bonds. The minimum absolute atomic E-state index is 0.0118. The highest BCUT2D eigenvalue weighted by molar-refractivity contribution is 7.51. The van der Waals surface area contributed by atoms with E-state index in [1.807, 2.05) is 41.3 Å². The average molecular weight is 436 g/mol. The molecule has 3 rings (SSSR count). The molecule has 2 fully saturated rings. The highest BCUT2D eigenvalue weighted by atomic mass is 31.2. The van der Waals surface area contributed by atoms with E-state index in [9.17, 15) is 14.5 Å². The van der Waals surface area contributed by atoms with Crippen LogP contribution in [0.2, 0.25) is 0 Å². The Labute approximate surface area is 178 Å². The molecule has 8 heteroatoms. The number of rotatable bonds is 11. The molecule has 1 aromatic rings. The topological polar surface area (TPSA) is 101 Å². The largest absolute Gasteiger partial charge is 0.389 e. The molecule has 0 radical (unpaired) electrons. The lowest BCUT2D eigenvalue weighted by atomic mass is 9.97. The molecule has 3 N–H and O–H groups in total. The van der Waals surface area contributed by atoms with E-state index in [-0.39, 0.29) is 23.6 Å². The van der Waals surface area contributed by atoms with Gasteiger partial charge in [-0.05, 0) is 43.1 Å². The molecule has 0 bridgehead atoms. The molecule has 166 valence electrons. The first-order valence-corrected chi connectivity index (χ1v) is 12.4. The van der Waals surface area contributed by atoms with E-state index in [1.54, 1.807) is 18.0 Å². The Morgan fingerprint density at radius 2 is 1.93 bits per heavy atom. The Morgan fingerprint density at radius 1 is 1.23 bits per heavy atom. The number of urea groups is 1. The fourth-order valence-electron chi connectivity index (χ4n) is 4.23. The number of aliphatic hydroxyl groups excluding tert-OH is 1. The zero-order valence-corrected chi connectivity index (χ0v) is 18.5. The average Bonchev–Trinajstić information content (AvgIpc) is 3.41. The van der Waals surface area contributed by atoms with Crippen molar-refractivity contribution in [2.45, 2.75) is 50.7 Å². The van der Waals surface area contributed by atoms with Crippen LogP contribution in [0.4, 0.5) is 4.79 Å².